The highest BCUT2D eigenvalue weighted by molar-refractivity contribution is 6.39. The molecule has 4 heterocycles. The zero-order valence-electron chi connectivity index (χ0n) is 31.2. The number of halogens is 2. The van der Waals surface area contributed by atoms with E-state index in [1.54, 1.807) is 28.1 Å². The molecule has 2 saturated heterocycles. The van der Waals surface area contributed by atoms with Crippen LogP contribution in [0.2, 0.25) is 10.0 Å². The summed E-state index contributed by atoms with van der Waals surface area (Å²) in [6.07, 6.45) is 4.31. The Bertz CT molecular complexity index is 1950. The van der Waals surface area contributed by atoms with Crippen molar-refractivity contribution in [2.24, 2.45) is 10.8 Å². The average molecular weight is 770 g/mol. The third-order valence-corrected chi connectivity index (χ3v) is 12.8. The fraction of sp³-hybridized carbons (Fsp3) is 0.429. The minimum Gasteiger partial charge on any atom is -0.481 e. The Morgan fingerprint density at radius 3 is 1.37 bits per heavy atom. The summed E-state index contributed by atoms with van der Waals surface area (Å²) in [4.78, 5) is 36.8. The van der Waals surface area contributed by atoms with Crippen LogP contribution < -0.4 is 20.1 Å². The number of carbonyl (C=O) groups excluding carboxylic acids is 2. The quantitative estimate of drug-likeness (QED) is 0.168. The van der Waals surface area contributed by atoms with Gasteiger partial charge >= 0.3 is 0 Å². The first-order valence-corrected chi connectivity index (χ1v) is 19.4. The van der Waals surface area contributed by atoms with Crippen molar-refractivity contribution in [3.63, 3.8) is 0 Å². The molecule has 10 nitrogen and oxygen atoms in total. The molecule has 4 aromatic rings. The van der Waals surface area contributed by atoms with Gasteiger partial charge in [-0.1, -0.05) is 71.7 Å². The van der Waals surface area contributed by atoms with Gasteiger partial charge in [-0.15, -0.1) is 0 Å². The Balaban J connectivity index is 0.942. The molecule has 2 N–H and O–H groups in total. The summed E-state index contributed by atoms with van der Waals surface area (Å²) in [5.74, 6) is 1.43. The van der Waals surface area contributed by atoms with E-state index in [0.717, 1.165) is 85.2 Å². The lowest BCUT2D eigenvalue weighted by Crippen LogP contribution is -2.66. The largest absolute Gasteiger partial charge is 0.481 e. The molecule has 282 valence electrons. The van der Waals surface area contributed by atoms with Crippen molar-refractivity contribution in [3.8, 4) is 45.4 Å². The average Bonchev–Trinajstić information content (AvgIpc) is 3.09. The summed E-state index contributed by atoms with van der Waals surface area (Å²) in [6.45, 7) is 8.06. The zero-order valence-corrected chi connectivity index (χ0v) is 32.7. The molecule has 0 unspecified atom stereocenters. The fourth-order valence-corrected chi connectivity index (χ4v) is 9.64. The van der Waals surface area contributed by atoms with E-state index in [4.69, 9.17) is 42.6 Å². The number of rotatable bonds is 11. The van der Waals surface area contributed by atoms with Gasteiger partial charge in [0, 0.05) is 109 Å². The highest BCUT2D eigenvalue weighted by atomic mass is 35.5. The van der Waals surface area contributed by atoms with Crippen LogP contribution in [0.3, 0.4) is 0 Å². The number of amides is 2. The van der Waals surface area contributed by atoms with Crippen LogP contribution in [-0.2, 0) is 22.7 Å². The molecule has 2 spiro atoms. The van der Waals surface area contributed by atoms with E-state index in [1.165, 1.54) is 0 Å². The fourth-order valence-electron chi connectivity index (χ4n) is 8.99. The minimum absolute atomic E-state index is 0.163. The van der Waals surface area contributed by atoms with Gasteiger partial charge in [-0.2, -0.15) is 0 Å². The molecule has 2 aliphatic heterocycles. The Morgan fingerprint density at radius 1 is 0.648 bits per heavy atom. The maximum Gasteiger partial charge on any atom is 0.219 e. The predicted octanol–water partition coefficient (Wildman–Crippen LogP) is 7.00. The Kier molecular flexibility index (Phi) is 9.83. The summed E-state index contributed by atoms with van der Waals surface area (Å²) in [7, 11) is 3.27. The number of benzene rings is 2. The first kappa shape index (κ1) is 36.7. The van der Waals surface area contributed by atoms with Crippen molar-refractivity contribution in [2.75, 3.05) is 40.4 Å². The van der Waals surface area contributed by atoms with Gasteiger partial charge in [0.1, 0.15) is 0 Å². The molecule has 0 radical (unpaired) electrons. The van der Waals surface area contributed by atoms with Crippen LogP contribution in [0.1, 0.15) is 50.7 Å². The van der Waals surface area contributed by atoms with Crippen molar-refractivity contribution >= 4 is 35.0 Å². The lowest BCUT2D eigenvalue weighted by Gasteiger charge is -2.59. The van der Waals surface area contributed by atoms with Gasteiger partial charge in [-0.05, 0) is 37.8 Å². The predicted molar refractivity (Wildman–Crippen MR) is 211 cm³/mol. The molecule has 8 rings (SSSR count). The van der Waals surface area contributed by atoms with E-state index in [9.17, 15) is 9.59 Å². The van der Waals surface area contributed by atoms with E-state index < -0.39 is 0 Å². The molecule has 2 aromatic carbocycles. The standard InChI is InChI=1S/C42H46Cl2N6O4/c1-25(51)49-21-41(22-49)15-29(16-41)45-19-27-11-13-35(47-39(27)53-3)33-9-5-7-31(37(33)43)32-8-6-10-34(38(32)44)36-14-12-28(40(48-36)54-4)20-46-30-17-42(18-30)23-50(24-42)26(2)52/h5-14,29-30,45-46H,15-24H2,1-4H3. The van der Waals surface area contributed by atoms with Crippen molar-refractivity contribution in [1.29, 1.82) is 0 Å². The van der Waals surface area contributed by atoms with Gasteiger partial charge in [0.15, 0.2) is 0 Å². The highest BCUT2D eigenvalue weighted by Crippen LogP contribution is 2.50. The molecule has 4 aliphatic rings. The first-order chi connectivity index (χ1) is 26.0. The Morgan fingerprint density at radius 2 is 1.02 bits per heavy atom. The van der Waals surface area contributed by atoms with Crippen LogP contribution in [0.4, 0.5) is 0 Å². The molecule has 2 aliphatic carbocycles. The van der Waals surface area contributed by atoms with Gasteiger partial charge in [0.25, 0.3) is 0 Å². The number of pyridine rings is 2. The lowest BCUT2D eigenvalue weighted by atomic mass is 9.60. The first-order valence-electron chi connectivity index (χ1n) is 18.6. The van der Waals surface area contributed by atoms with Crippen LogP contribution in [0.15, 0.2) is 60.7 Å². The zero-order chi connectivity index (χ0) is 37.8. The number of nitrogens with one attached hydrogen (secondary N) is 2. The molecule has 4 fully saturated rings. The second-order valence-corrected chi connectivity index (χ2v) is 16.5. The number of hydrogen-bond acceptors (Lipinski definition) is 8. The van der Waals surface area contributed by atoms with Crippen LogP contribution in [0.25, 0.3) is 33.6 Å². The van der Waals surface area contributed by atoms with E-state index >= 15 is 0 Å². The summed E-state index contributed by atoms with van der Waals surface area (Å²) >= 11 is 14.3. The summed E-state index contributed by atoms with van der Waals surface area (Å²) < 4.78 is 11.5. The SMILES string of the molecule is COc1nc(-c2cccc(-c3cccc(-c4ccc(CNC5CC6(C5)CN(C(C)=O)C6)c(OC)n4)c3Cl)c2Cl)ccc1CNC1CC2(C1)CN(C(C)=O)C2. The summed E-state index contributed by atoms with van der Waals surface area (Å²) in [6, 6.07) is 20.6. The van der Waals surface area contributed by atoms with Crippen LogP contribution in [0, 0.1) is 10.8 Å². The van der Waals surface area contributed by atoms with E-state index in [2.05, 4.69) is 10.6 Å². The maximum absolute atomic E-state index is 11.6. The number of nitrogens with zero attached hydrogens (tertiary/aromatic N) is 4. The van der Waals surface area contributed by atoms with Crippen molar-refractivity contribution < 1.29 is 19.1 Å². The molecule has 12 heteroatoms. The monoisotopic (exact) mass is 768 g/mol. The number of methoxy groups -OCH3 is 2. The third-order valence-electron chi connectivity index (χ3n) is 12.0. The van der Waals surface area contributed by atoms with Crippen molar-refractivity contribution in [3.05, 3.63) is 81.8 Å². The smallest absolute Gasteiger partial charge is 0.219 e. The third kappa shape index (κ3) is 6.82. The van der Waals surface area contributed by atoms with Gasteiger partial charge in [0.2, 0.25) is 23.6 Å². The van der Waals surface area contributed by atoms with Crippen LogP contribution in [0.5, 0.6) is 11.8 Å². The second kappa shape index (κ2) is 14.5. The molecule has 2 amide bonds. The molecule has 54 heavy (non-hydrogen) atoms. The molecular weight excluding hydrogens is 723 g/mol. The van der Waals surface area contributed by atoms with Gasteiger partial charge in [0.05, 0.1) is 35.7 Å². The number of hydrogen-bond donors (Lipinski definition) is 2. The number of aromatic nitrogens is 2. The minimum atomic E-state index is 0.163. The van der Waals surface area contributed by atoms with Crippen molar-refractivity contribution in [1.82, 2.24) is 30.4 Å². The van der Waals surface area contributed by atoms with Gasteiger partial charge in [-0.3, -0.25) is 9.59 Å². The van der Waals surface area contributed by atoms with E-state index in [-0.39, 0.29) is 11.8 Å². The number of ether oxygens (including phenoxy) is 2. The molecule has 0 bridgehead atoms. The molecule has 2 aromatic heterocycles. The summed E-state index contributed by atoms with van der Waals surface area (Å²) in [5.41, 5.74) is 7.07. The topological polar surface area (TPSA) is 109 Å². The van der Waals surface area contributed by atoms with Gasteiger partial charge < -0.3 is 29.9 Å². The number of carbonyl (C=O) groups is 2. The van der Waals surface area contributed by atoms with Crippen LogP contribution >= 0.6 is 23.2 Å². The Hall–Kier alpha value is -4.22. The summed E-state index contributed by atoms with van der Waals surface area (Å²) in [5, 5.41) is 8.38. The van der Waals surface area contributed by atoms with Gasteiger partial charge in [-0.25, -0.2) is 9.97 Å². The van der Waals surface area contributed by atoms with Crippen LogP contribution in [-0.4, -0.2) is 84.1 Å². The Labute approximate surface area is 326 Å². The highest BCUT2D eigenvalue weighted by Gasteiger charge is 2.53. The van der Waals surface area contributed by atoms with E-state index in [1.807, 2.05) is 70.5 Å². The van der Waals surface area contributed by atoms with Crippen molar-refractivity contribution in [2.45, 2.75) is 64.7 Å². The lowest BCUT2D eigenvalue weighted by molar-refractivity contribution is -0.150. The van der Waals surface area contributed by atoms with E-state index in [0.29, 0.717) is 69.2 Å². The maximum atomic E-state index is 11.6. The normalized spacial score (nSPS) is 19.5. The molecule has 0 atom stereocenters. The second-order valence-electron chi connectivity index (χ2n) is 15.8. The number of likely N-dealkylation sites (tertiary alicyclic amines) is 2. The molecular formula is C42H46Cl2N6O4. The molecule has 2 saturated carbocycles.